The van der Waals surface area contributed by atoms with E-state index in [9.17, 15) is 18.0 Å². The number of benzene rings is 1. The molecule has 3 aromatic rings. The second-order valence-corrected chi connectivity index (χ2v) is 6.45. The minimum atomic E-state index is -1.59. The molecule has 0 radical (unpaired) electrons. The van der Waals surface area contributed by atoms with Crippen LogP contribution in [0.15, 0.2) is 22.9 Å². The van der Waals surface area contributed by atoms with Gasteiger partial charge < -0.3 is 14.7 Å². The van der Waals surface area contributed by atoms with Crippen molar-refractivity contribution in [3.8, 4) is 11.5 Å². The lowest BCUT2D eigenvalue weighted by Crippen LogP contribution is -2.41. The molecule has 1 aliphatic rings. The smallest absolute Gasteiger partial charge is 0.322 e. The number of fused-ring (bicyclic) bond motifs is 1. The Balaban J connectivity index is 1.60. The maximum atomic E-state index is 13.4. The topological polar surface area (TPSA) is 89.1 Å². The van der Waals surface area contributed by atoms with Crippen molar-refractivity contribution in [1.29, 1.82) is 0 Å². The molecule has 1 aliphatic heterocycles. The van der Waals surface area contributed by atoms with E-state index in [1.807, 2.05) is 0 Å². The molecule has 1 N–H and O–H groups in total. The largest absolute Gasteiger partial charge is 0.354 e. The first kappa shape index (κ1) is 18.0. The average Bonchev–Trinajstić information content (AvgIpc) is 3.26. The first-order valence-corrected chi connectivity index (χ1v) is 8.42. The molecule has 1 atom stereocenters. The number of hydrogen-bond donors (Lipinski definition) is 1. The Morgan fingerprint density at radius 3 is 2.64 bits per heavy atom. The molecule has 0 saturated heterocycles. The highest BCUT2D eigenvalue weighted by Crippen LogP contribution is 2.36. The van der Waals surface area contributed by atoms with E-state index in [0.29, 0.717) is 35.7 Å². The highest BCUT2D eigenvalue weighted by Gasteiger charge is 2.34. The van der Waals surface area contributed by atoms with E-state index in [2.05, 4.69) is 20.8 Å². The lowest BCUT2D eigenvalue weighted by atomic mass is 9.97. The summed E-state index contributed by atoms with van der Waals surface area (Å²) in [5, 5.41) is 14.3. The fraction of sp³-hybridized carbons (Fsp3) is 0.294. The Morgan fingerprint density at radius 1 is 1.29 bits per heavy atom. The van der Waals surface area contributed by atoms with Gasteiger partial charge in [0, 0.05) is 43.4 Å². The van der Waals surface area contributed by atoms with E-state index in [0.717, 1.165) is 12.1 Å². The predicted octanol–water partition coefficient (Wildman–Crippen LogP) is 3.04. The maximum Gasteiger partial charge on any atom is 0.322 e. The average molecular weight is 392 g/mol. The Morgan fingerprint density at radius 2 is 2.00 bits per heavy atom. The Bertz CT molecular complexity index is 1040. The zero-order valence-electron chi connectivity index (χ0n) is 14.9. The predicted molar refractivity (Wildman–Crippen MR) is 90.7 cm³/mol. The van der Waals surface area contributed by atoms with Gasteiger partial charge in [0.2, 0.25) is 0 Å². The zero-order chi connectivity index (χ0) is 20.0. The number of amides is 2. The zero-order valence-corrected chi connectivity index (χ0v) is 14.9. The number of aryl methyl sites for hydroxylation is 1. The van der Waals surface area contributed by atoms with Gasteiger partial charge in [0.05, 0.1) is 17.9 Å². The van der Waals surface area contributed by atoms with Crippen LogP contribution in [0.5, 0.6) is 0 Å². The molecule has 2 aromatic heterocycles. The molecule has 4 rings (SSSR count). The first-order valence-electron chi connectivity index (χ1n) is 8.42. The molecule has 0 fully saturated rings. The molecule has 11 heteroatoms. The molecule has 2 amide bonds. The number of carbonyl (C=O) groups excluding carboxylic acids is 1. The summed E-state index contributed by atoms with van der Waals surface area (Å²) < 4.78 is 46.8. The number of halogens is 3. The van der Waals surface area contributed by atoms with Gasteiger partial charge in [-0.1, -0.05) is 10.4 Å². The summed E-state index contributed by atoms with van der Waals surface area (Å²) in [5.74, 6) is -3.94. The van der Waals surface area contributed by atoms with Crippen molar-refractivity contribution in [1.82, 2.24) is 25.1 Å². The second kappa shape index (κ2) is 6.66. The molecule has 1 aromatic carbocycles. The van der Waals surface area contributed by atoms with Crippen LogP contribution < -0.4 is 5.32 Å². The van der Waals surface area contributed by atoms with Crippen LogP contribution in [0.2, 0.25) is 0 Å². The van der Waals surface area contributed by atoms with Crippen LogP contribution in [0.3, 0.4) is 0 Å². The first-order chi connectivity index (χ1) is 13.3. The number of nitrogens with one attached hydrogen (secondary N) is 1. The second-order valence-electron chi connectivity index (χ2n) is 6.45. The van der Waals surface area contributed by atoms with E-state index in [1.54, 1.807) is 20.2 Å². The maximum absolute atomic E-state index is 13.4. The highest BCUT2D eigenvalue weighted by atomic mass is 19.2. The molecule has 1 unspecified atom stereocenters. The number of hydrogen-bond acceptors (Lipinski definition) is 5. The van der Waals surface area contributed by atoms with Gasteiger partial charge in [0.25, 0.3) is 0 Å². The SMILES string of the molecule is CC1c2c(noc2-c2cn(C)nn2)CCN1C(=O)Nc1cc(F)c(F)c(F)c1. The minimum Gasteiger partial charge on any atom is -0.354 e. The summed E-state index contributed by atoms with van der Waals surface area (Å²) in [6.07, 6.45) is 2.10. The molecule has 146 valence electrons. The van der Waals surface area contributed by atoms with Crippen LogP contribution in [-0.4, -0.2) is 37.6 Å². The van der Waals surface area contributed by atoms with Crippen molar-refractivity contribution < 1.29 is 22.5 Å². The van der Waals surface area contributed by atoms with Gasteiger partial charge in [-0.25, -0.2) is 18.0 Å². The standard InChI is InChI=1S/C17H15F3N6O2/c1-8-14-12(23-28-16(14)13-7-25(2)24-22-13)3-4-26(8)17(27)21-9-5-10(18)15(20)11(19)6-9/h5-8H,3-4H2,1-2H3,(H,21,27). The van der Waals surface area contributed by atoms with Crippen molar-refractivity contribution in [3.63, 3.8) is 0 Å². The van der Waals surface area contributed by atoms with E-state index >= 15 is 0 Å². The fourth-order valence-electron chi connectivity index (χ4n) is 3.25. The minimum absolute atomic E-state index is 0.182. The van der Waals surface area contributed by atoms with Crippen LogP contribution >= 0.6 is 0 Å². The van der Waals surface area contributed by atoms with Gasteiger partial charge in [0.1, 0.15) is 0 Å². The van der Waals surface area contributed by atoms with Crippen molar-refractivity contribution in [2.75, 3.05) is 11.9 Å². The van der Waals surface area contributed by atoms with Crippen molar-refractivity contribution in [2.45, 2.75) is 19.4 Å². The number of rotatable bonds is 2. The molecule has 0 aliphatic carbocycles. The summed E-state index contributed by atoms with van der Waals surface area (Å²) in [4.78, 5) is 14.1. The van der Waals surface area contributed by atoms with Crippen LogP contribution in [0.4, 0.5) is 23.7 Å². The Kier molecular flexibility index (Phi) is 4.28. The van der Waals surface area contributed by atoms with Crippen LogP contribution in [0.25, 0.3) is 11.5 Å². The lowest BCUT2D eigenvalue weighted by Gasteiger charge is -2.32. The third-order valence-corrected chi connectivity index (χ3v) is 4.61. The molecule has 0 bridgehead atoms. The van der Waals surface area contributed by atoms with Crippen molar-refractivity contribution in [3.05, 3.63) is 47.0 Å². The summed E-state index contributed by atoms with van der Waals surface area (Å²) in [7, 11) is 1.71. The van der Waals surface area contributed by atoms with E-state index < -0.39 is 29.5 Å². The number of anilines is 1. The van der Waals surface area contributed by atoms with Crippen LogP contribution in [0.1, 0.15) is 24.2 Å². The summed E-state index contributed by atoms with van der Waals surface area (Å²) in [6.45, 7) is 2.10. The van der Waals surface area contributed by atoms with Crippen LogP contribution in [-0.2, 0) is 13.5 Å². The number of carbonyl (C=O) groups is 1. The molecule has 0 saturated carbocycles. The summed E-state index contributed by atoms with van der Waals surface area (Å²) >= 11 is 0. The van der Waals surface area contributed by atoms with Gasteiger partial charge in [-0.2, -0.15) is 0 Å². The third kappa shape index (κ3) is 2.98. The Hall–Kier alpha value is -3.37. The molecular formula is C17H15F3N6O2. The van der Waals surface area contributed by atoms with Gasteiger partial charge in [-0.3, -0.25) is 4.68 Å². The Labute approximate surface area is 156 Å². The van der Waals surface area contributed by atoms with Crippen molar-refractivity contribution in [2.24, 2.45) is 7.05 Å². The van der Waals surface area contributed by atoms with E-state index in [4.69, 9.17) is 4.52 Å². The van der Waals surface area contributed by atoms with Gasteiger partial charge in [0.15, 0.2) is 28.9 Å². The molecule has 0 spiro atoms. The molecule has 28 heavy (non-hydrogen) atoms. The highest BCUT2D eigenvalue weighted by molar-refractivity contribution is 5.90. The van der Waals surface area contributed by atoms with Gasteiger partial charge >= 0.3 is 6.03 Å². The van der Waals surface area contributed by atoms with Crippen molar-refractivity contribution >= 4 is 11.7 Å². The monoisotopic (exact) mass is 392 g/mol. The third-order valence-electron chi connectivity index (χ3n) is 4.61. The molecule has 3 heterocycles. The van der Waals surface area contributed by atoms with Crippen LogP contribution in [0, 0.1) is 17.5 Å². The van der Waals surface area contributed by atoms with Gasteiger partial charge in [-0.15, -0.1) is 5.10 Å². The van der Waals surface area contributed by atoms with Gasteiger partial charge in [-0.05, 0) is 6.92 Å². The normalized spacial score (nSPS) is 16.2. The van der Waals surface area contributed by atoms with E-state index in [1.165, 1.54) is 9.58 Å². The lowest BCUT2D eigenvalue weighted by molar-refractivity contribution is 0.188. The fourth-order valence-corrected chi connectivity index (χ4v) is 3.25. The molecule has 8 nitrogen and oxygen atoms in total. The summed E-state index contributed by atoms with van der Waals surface area (Å²) in [6, 6.07) is 0.415. The number of aromatic nitrogens is 4. The van der Waals surface area contributed by atoms with E-state index in [-0.39, 0.29) is 5.69 Å². The number of nitrogens with zero attached hydrogens (tertiary/aromatic N) is 5. The quantitative estimate of drug-likeness (QED) is 0.677. The molecular weight excluding hydrogens is 377 g/mol. The number of urea groups is 1. The summed E-state index contributed by atoms with van der Waals surface area (Å²) in [5.41, 5.74) is 1.70.